The van der Waals surface area contributed by atoms with E-state index in [1.807, 2.05) is 40.3 Å². The molecule has 1 atom stereocenters. The van der Waals surface area contributed by atoms with Gasteiger partial charge in [0.15, 0.2) is 0 Å². The summed E-state index contributed by atoms with van der Waals surface area (Å²) in [5.74, 6) is 0.566. The van der Waals surface area contributed by atoms with Gasteiger partial charge in [0.2, 0.25) is 5.91 Å². The second kappa shape index (κ2) is 11.0. The van der Waals surface area contributed by atoms with Gasteiger partial charge >= 0.3 is 6.18 Å². The monoisotopic (exact) mass is 535 g/mol. The van der Waals surface area contributed by atoms with E-state index >= 15 is 0 Å². The lowest BCUT2D eigenvalue weighted by Crippen LogP contribution is -2.49. The van der Waals surface area contributed by atoms with E-state index in [4.69, 9.17) is 4.74 Å². The van der Waals surface area contributed by atoms with Crippen LogP contribution in [-0.4, -0.2) is 49.1 Å². The number of alkyl halides is 3. The smallest absolute Gasteiger partial charge is 0.416 e. The van der Waals surface area contributed by atoms with Gasteiger partial charge in [-0.3, -0.25) is 4.79 Å². The summed E-state index contributed by atoms with van der Waals surface area (Å²) in [6.07, 6.45) is -1.20. The standard InChI is InChI=1S/C31H32F3N3O2/c1-3-21-7-5-12-26-28(20-35-30(21)26)27(22-8-4-11-25(17-22)39-2)19-29(38)37-15-13-36(14-16-37)24-10-6-9-23(18-24)31(32,33)34/h4-12,17-18,20,27,35H,3,13-16,19H2,1-2H3/t27-/m0/s1. The van der Waals surface area contributed by atoms with Crippen LogP contribution in [0.2, 0.25) is 0 Å². The molecule has 0 unspecified atom stereocenters. The summed E-state index contributed by atoms with van der Waals surface area (Å²) in [5, 5.41) is 1.10. The third kappa shape index (κ3) is 5.60. The summed E-state index contributed by atoms with van der Waals surface area (Å²) in [4.78, 5) is 20.8. The van der Waals surface area contributed by atoms with Crippen molar-refractivity contribution in [2.24, 2.45) is 0 Å². The number of para-hydroxylation sites is 1. The predicted molar refractivity (Wildman–Crippen MR) is 147 cm³/mol. The van der Waals surface area contributed by atoms with Gasteiger partial charge < -0.3 is 19.5 Å². The number of anilines is 1. The van der Waals surface area contributed by atoms with Gasteiger partial charge in [0.1, 0.15) is 5.75 Å². The minimum atomic E-state index is -4.39. The highest BCUT2D eigenvalue weighted by atomic mass is 19.4. The Hall–Kier alpha value is -3.94. The van der Waals surface area contributed by atoms with Crippen molar-refractivity contribution >= 4 is 22.5 Å². The summed E-state index contributed by atoms with van der Waals surface area (Å²) in [7, 11) is 1.63. The molecule has 0 bridgehead atoms. The number of aromatic nitrogens is 1. The van der Waals surface area contributed by atoms with Crippen molar-refractivity contribution in [1.82, 2.24) is 9.88 Å². The molecule has 1 aliphatic rings. The van der Waals surface area contributed by atoms with Gasteiger partial charge in [-0.05, 0) is 53.4 Å². The Bertz CT molecular complexity index is 1450. The molecule has 1 amide bonds. The zero-order valence-electron chi connectivity index (χ0n) is 22.1. The minimum Gasteiger partial charge on any atom is -0.497 e. The quantitative estimate of drug-likeness (QED) is 0.289. The molecule has 39 heavy (non-hydrogen) atoms. The molecule has 2 heterocycles. The van der Waals surface area contributed by atoms with Crippen LogP contribution < -0.4 is 9.64 Å². The van der Waals surface area contributed by atoms with Gasteiger partial charge in [0.05, 0.1) is 12.7 Å². The van der Waals surface area contributed by atoms with Gasteiger partial charge in [0.25, 0.3) is 0 Å². The number of carbonyl (C=O) groups is 1. The molecule has 0 aliphatic carbocycles. The van der Waals surface area contributed by atoms with Gasteiger partial charge in [-0.15, -0.1) is 0 Å². The van der Waals surface area contributed by atoms with Crippen LogP contribution in [0, 0.1) is 0 Å². The second-order valence-electron chi connectivity index (χ2n) is 9.89. The van der Waals surface area contributed by atoms with Crippen molar-refractivity contribution in [1.29, 1.82) is 0 Å². The van der Waals surface area contributed by atoms with Crippen LogP contribution in [0.15, 0.2) is 72.9 Å². The number of fused-ring (bicyclic) bond motifs is 1. The van der Waals surface area contributed by atoms with E-state index in [1.54, 1.807) is 13.2 Å². The van der Waals surface area contributed by atoms with Crippen molar-refractivity contribution in [2.75, 3.05) is 38.2 Å². The number of halogens is 3. The molecule has 204 valence electrons. The number of hydrogen-bond donors (Lipinski definition) is 1. The Morgan fingerprint density at radius 2 is 1.74 bits per heavy atom. The Morgan fingerprint density at radius 3 is 2.46 bits per heavy atom. The summed E-state index contributed by atoms with van der Waals surface area (Å²) in [6, 6.07) is 19.5. The lowest BCUT2D eigenvalue weighted by atomic mass is 9.87. The number of nitrogens with zero attached hydrogens (tertiary/aromatic N) is 2. The van der Waals surface area contributed by atoms with Crippen LogP contribution in [0.5, 0.6) is 5.75 Å². The zero-order valence-corrected chi connectivity index (χ0v) is 22.1. The van der Waals surface area contributed by atoms with Gasteiger partial charge in [-0.25, -0.2) is 0 Å². The van der Waals surface area contributed by atoms with Gasteiger partial charge in [0, 0.05) is 61.3 Å². The predicted octanol–water partition coefficient (Wildman–Crippen LogP) is 6.63. The Kier molecular flexibility index (Phi) is 7.55. The molecule has 4 aromatic rings. The van der Waals surface area contributed by atoms with E-state index in [1.165, 1.54) is 17.7 Å². The number of hydrogen-bond acceptors (Lipinski definition) is 3. The fraction of sp³-hybridized carbons (Fsp3) is 0.323. The molecule has 1 aromatic heterocycles. The number of ether oxygens (including phenoxy) is 1. The fourth-order valence-corrected chi connectivity index (χ4v) is 5.48. The molecule has 1 saturated heterocycles. The van der Waals surface area contributed by atoms with Crippen LogP contribution >= 0.6 is 0 Å². The van der Waals surface area contributed by atoms with Crippen LogP contribution in [0.1, 0.15) is 41.5 Å². The number of nitrogens with one attached hydrogen (secondary N) is 1. The van der Waals surface area contributed by atoms with Gasteiger partial charge in [-0.2, -0.15) is 13.2 Å². The van der Waals surface area contributed by atoms with Crippen molar-refractivity contribution in [3.05, 3.63) is 95.2 Å². The lowest BCUT2D eigenvalue weighted by molar-refractivity contribution is -0.137. The summed E-state index contributed by atoms with van der Waals surface area (Å²) < 4.78 is 45.0. The molecule has 1 aliphatic heterocycles. The average molecular weight is 536 g/mol. The fourth-order valence-electron chi connectivity index (χ4n) is 5.48. The van der Waals surface area contributed by atoms with E-state index < -0.39 is 11.7 Å². The minimum absolute atomic E-state index is 0.0208. The van der Waals surface area contributed by atoms with Crippen molar-refractivity contribution < 1.29 is 22.7 Å². The highest BCUT2D eigenvalue weighted by Crippen LogP contribution is 2.37. The second-order valence-corrected chi connectivity index (χ2v) is 9.89. The number of H-pyrrole nitrogens is 1. The van der Waals surface area contributed by atoms with E-state index in [0.29, 0.717) is 31.9 Å². The third-order valence-electron chi connectivity index (χ3n) is 7.64. The van der Waals surface area contributed by atoms with Crippen molar-refractivity contribution in [2.45, 2.75) is 31.9 Å². The van der Waals surface area contributed by atoms with Crippen molar-refractivity contribution in [3.63, 3.8) is 0 Å². The summed E-state index contributed by atoms with van der Waals surface area (Å²) in [6.45, 7) is 3.98. The molecule has 3 aromatic carbocycles. The molecule has 5 nitrogen and oxygen atoms in total. The lowest BCUT2D eigenvalue weighted by Gasteiger charge is -2.37. The zero-order chi connectivity index (χ0) is 27.6. The number of benzene rings is 3. The third-order valence-corrected chi connectivity index (χ3v) is 7.64. The molecular weight excluding hydrogens is 503 g/mol. The maximum Gasteiger partial charge on any atom is 0.416 e. The molecule has 0 saturated carbocycles. The first kappa shape index (κ1) is 26.7. The van der Waals surface area contributed by atoms with Crippen LogP contribution in [0.25, 0.3) is 10.9 Å². The normalized spacial score (nSPS) is 15.0. The van der Waals surface area contributed by atoms with Crippen LogP contribution in [-0.2, 0) is 17.4 Å². The Morgan fingerprint density at radius 1 is 1.00 bits per heavy atom. The molecule has 8 heteroatoms. The molecule has 0 spiro atoms. The maximum atomic E-state index is 13.6. The topological polar surface area (TPSA) is 48.6 Å². The Balaban J connectivity index is 1.37. The van der Waals surface area contributed by atoms with Crippen LogP contribution in [0.4, 0.5) is 18.9 Å². The van der Waals surface area contributed by atoms with Crippen molar-refractivity contribution in [3.8, 4) is 5.75 Å². The SMILES string of the molecule is CCc1cccc2c([C@@H](CC(=O)N3CCN(c4cccc(C(F)(F)F)c4)CC3)c3cccc(OC)c3)c[nH]c12. The molecule has 0 radical (unpaired) electrons. The van der Waals surface area contributed by atoms with Crippen LogP contribution in [0.3, 0.4) is 0 Å². The number of rotatable bonds is 7. The number of aryl methyl sites for hydroxylation is 1. The van der Waals surface area contributed by atoms with E-state index in [-0.39, 0.29) is 18.2 Å². The first-order valence-electron chi connectivity index (χ1n) is 13.2. The molecule has 1 fully saturated rings. The highest BCUT2D eigenvalue weighted by Gasteiger charge is 2.32. The molecule has 1 N–H and O–H groups in total. The van der Waals surface area contributed by atoms with E-state index in [9.17, 15) is 18.0 Å². The highest BCUT2D eigenvalue weighted by molar-refractivity contribution is 5.88. The number of carbonyl (C=O) groups excluding carboxylic acids is 1. The first-order valence-corrected chi connectivity index (χ1v) is 13.2. The number of piperazine rings is 1. The molecule has 5 rings (SSSR count). The summed E-state index contributed by atoms with van der Waals surface area (Å²) >= 11 is 0. The number of amides is 1. The summed E-state index contributed by atoms with van der Waals surface area (Å²) in [5.41, 5.74) is 4.23. The Labute approximate surface area is 226 Å². The first-order chi connectivity index (χ1) is 18.8. The van der Waals surface area contributed by atoms with E-state index in [0.717, 1.165) is 40.3 Å². The van der Waals surface area contributed by atoms with E-state index in [2.05, 4.69) is 30.1 Å². The van der Waals surface area contributed by atoms with Gasteiger partial charge in [-0.1, -0.05) is 43.3 Å². The average Bonchev–Trinajstić information content (AvgIpc) is 3.39. The maximum absolute atomic E-state index is 13.6. The largest absolute Gasteiger partial charge is 0.497 e. The molecular formula is C31H32F3N3O2. The number of aromatic amines is 1. The number of methoxy groups -OCH3 is 1.